The molecule has 0 aliphatic carbocycles. The van der Waals surface area contributed by atoms with Crippen LogP contribution in [-0.2, 0) is 14.8 Å². The quantitative estimate of drug-likeness (QED) is 0.888. The molecule has 1 unspecified atom stereocenters. The summed E-state index contributed by atoms with van der Waals surface area (Å²) in [6.07, 6.45) is 1.11. The van der Waals surface area contributed by atoms with E-state index in [1.54, 1.807) is 25.1 Å². The zero-order valence-electron chi connectivity index (χ0n) is 15.2. The lowest BCUT2D eigenvalue weighted by molar-refractivity contribution is -0.116. The first-order chi connectivity index (χ1) is 11.6. The van der Waals surface area contributed by atoms with Gasteiger partial charge in [-0.2, -0.15) is 0 Å². The van der Waals surface area contributed by atoms with Gasteiger partial charge in [0.15, 0.2) is 0 Å². The second-order valence-corrected chi connectivity index (χ2v) is 8.30. The predicted molar refractivity (Wildman–Crippen MR) is 103 cm³/mol. The van der Waals surface area contributed by atoms with Crippen LogP contribution in [0.2, 0.25) is 0 Å². The van der Waals surface area contributed by atoms with Gasteiger partial charge in [0.2, 0.25) is 15.9 Å². The number of benzene rings is 2. The van der Waals surface area contributed by atoms with Crippen molar-refractivity contribution in [3.63, 3.8) is 0 Å². The minimum atomic E-state index is -3.62. The molecule has 1 amide bonds. The molecule has 0 aromatic heterocycles. The van der Waals surface area contributed by atoms with Crippen LogP contribution in [0.25, 0.3) is 0 Å². The Morgan fingerprint density at radius 2 is 1.60 bits per heavy atom. The number of nitrogens with zero attached hydrogens (tertiary/aromatic N) is 1. The third-order valence-electron chi connectivity index (χ3n) is 3.83. The van der Waals surface area contributed by atoms with Crippen molar-refractivity contribution in [3.05, 3.63) is 59.2 Å². The summed E-state index contributed by atoms with van der Waals surface area (Å²) in [4.78, 5) is 12.7. The number of nitrogens with one attached hydrogen (secondary N) is 1. The summed E-state index contributed by atoms with van der Waals surface area (Å²) < 4.78 is 25.7. The van der Waals surface area contributed by atoms with Gasteiger partial charge in [0.25, 0.3) is 0 Å². The molecule has 25 heavy (non-hydrogen) atoms. The maximum atomic E-state index is 12.7. The monoisotopic (exact) mass is 360 g/mol. The van der Waals surface area contributed by atoms with Gasteiger partial charge >= 0.3 is 0 Å². The van der Waals surface area contributed by atoms with Crippen molar-refractivity contribution in [2.24, 2.45) is 0 Å². The lowest BCUT2D eigenvalue weighted by Crippen LogP contribution is -2.45. The van der Waals surface area contributed by atoms with Gasteiger partial charge in [-0.05, 0) is 68.7 Å². The van der Waals surface area contributed by atoms with Crippen LogP contribution in [-0.4, -0.2) is 26.6 Å². The highest BCUT2D eigenvalue weighted by Gasteiger charge is 2.29. The highest BCUT2D eigenvalue weighted by molar-refractivity contribution is 7.92. The van der Waals surface area contributed by atoms with Crippen molar-refractivity contribution in [2.75, 3.05) is 15.9 Å². The zero-order valence-corrected chi connectivity index (χ0v) is 16.0. The van der Waals surface area contributed by atoms with Gasteiger partial charge in [-0.15, -0.1) is 0 Å². The highest BCUT2D eigenvalue weighted by atomic mass is 32.2. The number of amides is 1. The van der Waals surface area contributed by atoms with E-state index in [0.717, 1.165) is 27.3 Å². The molecule has 1 N–H and O–H groups in total. The van der Waals surface area contributed by atoms with E-state index < -0.39 is 16.1 Å². The summed E-state index contributed by atoms with van der Waals surface area (Å²) in [6.45, 7) is 7.36. The lowest BCUT2D eigenvalue weighted by atomic mass is 10.1. The fourth-order valence-electron chi connectivity index (χ4n) is 2.87. The summed E-state index contributed by atoms with van der Waals surface area (Å²) >= 11 is 0. The summed E-state index contributed by atoms with van der Waals surface area (Å²) in [6, 6.07) is 11.9. The molecule has 0 saturated heterocycles. The van der Waals surface area contributed by atoms with Crippen molar-refractivity contribution in [1.82, 2.24) is 0 Å². The molecular weight excluding hydrogens is 336 g/mol. The average molecular weight is 360 g/mol. The summed E-state index contributed by atoms with van der Waals surface area (Å²) in [5, 5.41) is 2.82. The smallest absolute Gasteiger partial charge is 0.247 e. The molecule has 0 aliphatic rings. The molecule has 1 atom stereocenters. The number of sulfonamides is 1. The topological polar surface area (TPSA) is 66.5 Å². The second-order valence-electron chi connectivity index (χ2n) is 6.44. The Bertz CT molecular complexity index is 871. The normalized spacial score (nSPS) is 12.5. The maximum Gasteiger partial charge on any atom is 0.247 e. The van der Waals surface area contributed by atoms with Crippen LogP contribution in [0.5, 0.6) is 0 Å². The molecule has 5 nitrogen and oxygen atoms in total. The zero-order chi connectivity index (χ0) is 18.8. The maximum absolute atomic E-state index is 12.7. The molecule has 0 bridgehead atoms. The van der Waals surface area contributed by atoms with E-state index in [9.17, 15) is 13.2 Å². The van der Waals surface area contributed by atoms with Crippen LogP contribution in [0.15, 0.2) is 42.5 Å². The van der Waals surface area contributed by atoms with Crippen LogP contribution in [0.3, 0.4) is 0 Å². The third kappa shape index (κ3) is 4.82. The molecular formula is C19H24N2O3S. The van der Waals surface area contributed by atoms with Crippen LogP contribution in [0, 0.1) is 20.8 Å². The third-order valence-corrected chi connectivity index (χ3v) is 5.08. The molecule has 0 fully saturated rings. The Balaban J connectivity index is 2.33. The molecule has 134 valence electrons. The van der Waals surface area contributed by atoms with Crippen molar-refractivity contribution < 1.29 is 13.2 Å². The number of aryl methyl sites for hydroxylation is 3. The second kappa shape index (κ2) is 7.27. The first kappa shape index (κ1) is 19.0. The number of carbonyl (C=O) groups is 1. The Kier molecular flexibility index (Phi) is 5.52. The number of rotatable bonds is 5. The standard InChI is InChI=1S/C19H24N2O3S/c1-13-7-6-8-18(12-13)21(25(5,23)24)16(4)19(22)20-17-10-14(2)9-15(3)11-17/h6-12,16H,1-5H3,(H,20,22). The molecule has 2 aromatic rings. The summed E-state index contributed by atoms with van der Waals surface area (Å²) in [5.41, 5.74) is 4.12. The minimum Gasteiger partial charge on any atom is -0.324 e. The Morgan fingerprint density at radius 1 is 1.00 bits per heavy atom. The SMILES string of the molecule is Cc1cc(C)cc(NC(=O)C(C)N(c2cccc(C)c2)S(C)(=O)=O)c1. The van der Waals surface area contributed by atoms with Gasteiger partial charge in [0.05, 0.1) is 11.9 Å². The number of carbonyl (C=O) groups excluding carboxylic acids is 1. The first-order valence-electron chi connectivity index (χ1n) is 8.03. The number of anilines is 2. The van der Waals surface area contributed by atoms with E-state index in [-0.39, 0.29) is 5.91 Å². The summed E-state index contributed by atoms with van der Waals surface area (Å²) in [5.74, 6) is -0.378. The lowest BCUT2D eigenvalue weighted by Gasteiger charge is -2.28. The van der Waals surface area contributed by atoms with Crippen molar-refractivity contribution >= 4 is 27.3 Å². The predicted octanol–water partition coefficient (Wildman–Crippen LogP) is 3.41. The molecule has 0 radical (unpaired) electrons. The fraction of sp³-hybridized carbons (Fsp3) is 0.316. The first-order valence-corrected chi connectivity index (χ1v) is 9.88. The van der Waals surface area contributed by atoms with E-state index in [2.05, 4.69) is 5.32 Å². The van der Waals surface area contributed by atoms with E-state index in [1.165, 1.54) is 0 Å². The fourth-order valence-corrected chi connectivity index (χ4v) is 4.03. The molecule has 2 aromatic carbocycles. The van der Waals surface area contributed by atoms with Crippen LogP contribution in [0.4, 0.5) is 11.4 Å². The highest BCUT2D eigenvalue weighted by Crippen LogP contribution is 2.23. The molecule has 6 heteroatoms. The van der Waals surface area contributed by atoms with Crippen LogP contribution < -0.4 is 9.62 Å². The van der Waals surface area contributed by atoms with Crippen molar-refractivity contribution in [3.8, 4) is 0 Å². The van der Waals surface area contributed by atoms with Gasteiger partial charge in [0.1, 0.15) is 6.04 Å². The molecule has 0 spiro atoms. The number of hydrogen-bond donors (Lipinski definition) is 1. The average Bonchev–Trinajstić information content (AvgIpc) is 2.44. The van der Waals surface area contributed by atoms with Crippen LogP contribution >= 0.6 is 0 Å². The molecule has 0 saturated carbocycles. The Labute approximate surface area is 149 Å². The van der Waals surface area contributed by atoms with Crippen molar-refractivity contribution in [2.45, 2.75) is 33.7 Å². The van der Waals surface area contributed by atoms with E-state index in [0.29, 0.717) is 11.4 Å². The largest absolute Gasteiger partial charge is 0.324 e. The molecule has 2 rings (SSSR count). The Hall–Kier alpha value is -2.34. The van der Waals surface area contributed by atoms with E-state index >= 15 is 0 Å². The van der Waals surface area contributed by atoms with E-state index in [1.807, 2.05) is 45.0 Å². The van der Waals surface area contributed by atoms with Gasteiger partial charge < -0.3 is 5.32 Å². The molecule has 0 aliphatic heterocycles. The van der Waals surface area contributed by atoms with Gasteiger partial charge in [0, 0.05) is 5.69 Å². The minimum absolute atomic E-state index is 0.378. The van der Waals surface area contributed by atoms with Crippen LogP contribution in [0.1, 0.15) is 23.6 Å². The van der Waals surface area contributed by atoms with Gasteiger partial charge in [-0.1, -0.05) is 18.2 Å². The van der Waals surface area contributed by atoms with Crippen molar-refractivity contribution in [1.29, 1.82) is 0 Å². The van der Waals surface area contributed by atoms with E-state index in [4.69, 9.17) is 0 Å². The molecule has 0 heterocycles. The van der Waals surface area contributed by atoms with Gasteiger partial charge in [-0.3, -0.25) is 9.10 Å². The van der Waals surface area contributed by atoms with Gasteiger partial charge in [-0.25, -0.2) is 8.42 Å². The number of hydrogen-bond acceptors (Lipinski definition) is 3. The summed E-state index contributed by atoms with van der Waals surface area (Å²) in [7, 11) is -3.62. The Morgan fingerprint density at radius 3 is 2.12 bits per heavy atom.